The van der Waals surface area contributed by atoms with Crippen molar-refractivity contribution in [3.63, 3.8) is 0 Å². The zero-order valence-electron chi connectivity index (χ0n) is 12.0. The largest absolute Gasteiger partial charge is 0.381 e. The van der Waals surface area contributed by atoms with Crippen LogP contribution in [-0.4, -0.2) is 0 Å². The topological polar surface area (TPSA) is 12.0 Å². The van der Waals surface area contributed by atoms with Crippen LogP contribution < -0.4 is 5.32 Å². The van der Waals surface area contributed by atoms with Gasteiger partial charge in [0.25, 0.3) is 0 Å². The summed E-state index contributed by atoms with van der Waals surface area (Å²) < 4.78 is 14.5. The van der Waals surface area contributed by atoms with Crippen LogP contribution in [0.15, 0.2) is 46.9 Å². The van der Waals surface area contributed by atoms with E-state index in [1.807, 2.05) is 18.2 Å². The van der Waals surface area contributed by atoms with Crippen LogP contribution in [0.2, 0.25) is 0 Å². The monoisotopic (exact) mass is 335 g/mol. The Morgan fingerprint density at radius 3 is 2.25 bits per heavy atom. The Morgan fingerprint density at radius 2 is 1.70 bits per heavy atom. The highest BCUT2D eigenvalue weighted by molar-refractivity contribution is 9.10. The molecule has 0 radical (unpaired) electrons. The molecule has 2 aromatic carbocycles. The summed E-state index contributed by atoms with van der Waals surface area (Å²) in [7, 11) is 0. The lowest BCUT2D eigenvalue weighted by molar-refractivity contribution is 0.590. The molecule has 106 valence electrons. The molecule has 20 heavy (non-hydrogen) atoms. The summed E-state index contributed by atoms with van der Waals surface area (Å²) in [4.78, 5) is 0. The lowest BCUT2D eigenvalue weighted by Crippen LogP contribution is -2.10. The minimum Gasteiger partial charge on any atom is -0.381 e. The molecule has 0 aromatic heterocycles. The highest BCUT2D eigenvalue weighted by Gasteiger charge is 2.12. The van der Waals surface area contributed by atoms with Gasteiger partial charge in [-0.3, -0.25) is 0 Å². The first-order valence-electron chi connectivity index (χ1n) is 6.64. The van der Waals surface area contributed by atoms with Crippen molar-refractivity contribution in [2.24, 2.45) is 0 Å². The molecule has 0 aliphatic heterocycles. The number of halogens is 2. The second-order valence-corrected chi connectivity index (χ2v) is 6.83. The third-order valence-corrected chi connectivity index (χ3v) is 3.74. The first-order chi connectivity index (χ1) is 9.36. The van der Waals surface area contributed by atoms with E-state index in [2.05, 4.69) is 54.2 Å². The molecular weight excluding hydrogens is 317 g/mol. The molecule has 0 bridgehead atoms. The molecule has 0 saturated carbocycles. The molecule has 3 heteroatoms. The third-order valence-electron chi connectivity index (χ3n) is 3.25. The molecule has 0 heterocycles. The van der Waals surface area contributed by atoms with Gasteiger partial charge in [0.05, 0.1) is 0 Å². The molecule has 0 aliphatic carbocycles. The maximum absolute atomic E-state index is 13.7. The molecule has 2 aromatic rings. The number of hydrogen-bond acceptors (Lipinski definition) is 1. The van der Waals surface area contributed by atoms with Gasteiger partial charge < -0.3 is 5.32 Å². The van der Waals surface area contributed by atoms with E-state index in [9.17, 15) is 4.39 Å². The van der Waals surface area contributed by atoms with Gasteiger partial charge in [-0.15, -0.1) is 0 Å². The lowest BCUT2D eigenvalue weighted by Gasteiger charge is -2.19. The van der Waals surface area contributed by atoms with Crippen molar-refractivity contribution < 1.29 is 4.39 Å². The summed E-state index contributed by atoms with van der Waals surface area (Å²) in [5, 5.41) is 3.24. The predicted molar refractivity (Wildman–Crippen MR) is 86.6 cm³/mol. The Morgan fingerprint density at radius 1 is 1.05 bits per heavy atom. The smallest absolute Gasteiger partial charge is 0.129 e. The Labute approximate surface area is 128 Å². The summed E-state index contributed by atoms with van der Waals surface area (Å²) in [5.41, 5.74) is 3.10. The van der Waals surface area contributed by atoms with Crippen LogP contribution in [-0.2, 0) is 12.0 Å². The van der Waals surface area contributed by atoms with E-state index in [0.717, 1.165) is 10.2 Å². The number of benzene rings is 2. The fraction of sp³-hybridized carbons (Fsp3) is 0.294. The van der Waals surface area contributed by atoms with E-state index in [0.29, 0.717) is 12.1 Å². The average molecular weight is 336 g/mol. The second kappa shape index (κ2) is 5.96. The second-order valence-electron chi connectivity index (χ2n) is 5.92. The highest BCUT2D eigenvalue weighted by atomic mass is 79.9. The molecule has 0 aliphatic rings. The Balaban J connectivity index is 2.04. The van der Waals surface area contributed by atoms with Crippen molar-refractivity contribution in [1.82, 2.24) is 0 Å². The minimum absolute atomic E-state index is 0.149. The van der Waals surface area contributed by atoms with Crippen molar-refractivity contribution in [2.45, 2.75) is 32.7 Å². The van der Waals surface area contributed by atoms with Gasteiger partial charge in [0, 0.05) is 22.3 Å². The number of hydrogen-bond donors (Lipinski definition) is 1. The van der Waals surface area contributed by atoms with Crippen LogP contribution in [0, 0.1) is 5.82 Å². The van der Waals surface area contributed by atoms with Gasteiger partial charge in [-0.05, 0) is 35.2 Å². The Hall–Kier alpha value is -1.35. The van der Waals surface area contributed by atoms with E-state index in [4.69, 9.17) is 0 Å². The summed E-state index contributed by atoms with van der Waals surface area (Å²) in [5.74, 6) is -0.196. The van der Waals surface area contributed by atoms with Gasteiger partial charge in [0.2, 0.25) is 0 Å². The molecule has 0 unspecified atom stereocenters. The van der Waals surface area contributed by atoms with Crippen molar-refractivity contribution in [3.05, 3.63) is 63.9 Å². The van der Waals surface area contributed by atoms with Crippen molar-refractivity contribution in [3.8, 4) is 0 Å². The van der Waals surface area contributed by atoms with Crippen LogP contribution in [0.4, 0.5) is 10.1 Å². The molecule has 1 N–H and O–H groups in total. The first-order valence-corrected chi connectivity index (χ1v) is 7.44. The molecule has 0 spiro atoms. The molecule has 1 nitrogen and oxygen atoms in total. The SMILES string of the molecule is CC(C)(C)c1ccc(NCc2ccc(Br)cc2F)cc1. The molecule has 0 amide bonds. The van der Waals surface area contributed by atoms with Gasteiger partial charge in [-0.25, -0.2) is 4.39 Å². The summed E-state index contributed by atoms with van der Waals surface area (Å²) >= 11 is 3.26. The van der Waals surface area contributed by atoms with E-state index in [1.54, 1.807) is 6.07 Å². The summed E-state index contributed by atoms with van der Waals surface area (Å²) in [6, 6.07) is 13.4. The predicted octanol–water partition coefficient (Wildman–Crippen LogP) is 5.50. The fourth-order valence-corrected chi connectivity index (χ4v) is 2.28. The first kappa shape index (κ1) is 15.0. The van der Waals surface area contributed by atoms with Crippen LogP contribution in [0.3, 0.4) is 0 Å². The maximum Gasteiger partial charge on any atom is 0.129 e. The molecule has 0 saturated heterocycles. The third kappa shape index (κ3) is 3.83. The highest BCUT2D eigenvalue weighted by Crippen LogP contribution is 2.24. The number of rotatable bonds is 3. The minimum atomic E-state index is -0.196. The van der Waals surface area contributed by atoms with Crippen LogP contribution in [0.25, 0.3) is 0 Å². The van der Waals surface area contributed by atoms with Crippen LogP contribution in [0.1, 0.15) is 31.9 Å². The van der Waals surface area contributed by atoms with E-state index < -0.39 is 0 Å². The molecule has 0 atom stereocenters. The number of nitrogens with one attached hydrogen (secondary N) is 1. The van der Waals surface area contributed by atoms with E-state index in [-0.39, 0.29) is 11.2 Å². The standard InChI is InChI=1S/C17H19BrFN/c1-17(2,3)13-5-8-15(9-6-13)20-11-12-4-7-14(18)10-16(12)19/h4-10,20H,11H2,1-3H3. The summed E-state index contributed by atoms with van der Waals surface area (Å²) in [6.45, 7) is 7.04. The fourth-order valence-electron chi connectivity index (χ4n) is 1.95. The summed E-state index contributed by atoms with van der Waals surface area (Å²) in [6.07, 6.45) is 0. The average Bonchev–Trinajstić information content (AvgIpc) is 2.37. The normalized spacial score (nSPS) is 11.4. The molecule has 2 rings (SSSR count). The van der Waals surface area contributed by atoms with Gasteiger partial charge in [0.1, 0.15) is 5.82 Å². The Bertz CT molecular complexity index is 585. The number of anilines is 1. The van der Waals surface area contributed by atoms with Crippen molar-refractivity contribution in [1.29, 1.82) is 0 Å². The van der Waals surface area contributed by atoms with Gasteiger partial charge in [0.15, 0.2) is 0 Å². The van der Waals surface area contributed by atoms with Gasteiger partial charge in [-0.2, -0.15) is 0 Å². The zero-order valence-corrected chi connectivity index (χ0v) is 13.6. The van der Waals surface area contributed by atoms with Gasteiger partial charge in [-0.1, -0.05) is 54.9 Å². The van der Waals surface area contributed by atoms with E-state index in [1.165, 1.54) is 11.6 Å². The van der Waals surface area contributed by atoms with Crippen molar-refractivity contribution in [2.75, 3.05) is 5.32 Å². The quantitative estimate of drug-likeness (QED) is 0.781. The lowest BCUT2D eigenvalue weighted by atomic mass is 9.87. The van der Waals surface area contributed by atoms with Crippen LogP contribution >= 0.6 is 15.9 Å². The van der Waals surface area contributed by atoms with E-state index >= 15 is 0 Å². The van der Waals surface area contributed by atoms with Crippen LogP contribution in [0.5, 0.6) is 0 Å². The zero-order chi connectivity index (χ0) is 14.8. The van der Waals surface area contributed by atoms with Gasteiger partial charge >= 0.3 is 0 Å². The molecule has 0 fully saturated rings. The van der Waals surface area contributed by atoms with Crippen molar-refractivity contribution >= 4 is 21.6 Å². The molecular formula is C17H19BrFN. The maximum atomic E-state index is 13.7. The Kier molecular flexibility index (Phi) is 4.48.